The van der Waals surface area contributed by atoms with Gasteiger partial charge in [-0.25, -0.2) is 5.10 Å². The molecule has 2 unspecified atom stereocenters. The highest BCUT2D eigenvalue weighted by Crippen LogP contribution is 2.21. The van der Waals surface area contributed by atoms with Crippen LogP contribution in [0.25, 0.3) is 11.3 Å². The van der Waals surface area contributed by atoms with E-state index in [1.807, 2.05) is 24.3 Å². The Hall–Kier alpha value is -2.14. The smallest absolute Gasteiger partial charge is 0.264 e. The van der Waals surface area contributed by atoms with Crippen LogP contribution in [-0.4, -0.2) is 40.8 Å². The highest BCUT2D eigenvalue weighted by Gasteiger charge is 2.21. The fourth-order valence-corrected chi connectivity index (χ4v) is 3.18. The third kappa shape index (κ3) is 4.23. The third-order valence-corrected chi connectivity index (χ3v) is 4.60. The molecule has 5 nitrogen and oxygen atoms in total. The standard InChI is InChI=1S/C19H25N3O2/c1-14(12-22-11-3-4-15(22)2)13-24-17-7-5-16(6-8-17)18-9-10-19(23)21-20-18/h5-10,14-15H,3-4,11-13H2,1-2H3,(H,21,23). The van der Waals surface area contributed by atoms with E-state index in [1.165, 1.54) is 25.5 Å². The Bertz CT molecular complexity index is 691. The van der Waals surface area contributed by atoms with Crippen molar-refractivity contribution in [2.24, 2.45) is 5.92 Å². The SMILES string of the molecule is CC(COc1ccc(-c2ccc(=O)[nH]n2)cc1)CN1CCCC1C. The van der Waals surface area contributed by atoms with E-state index in [0.29, 0.717) is 12.0 Å². The van der Waals surface area contributed by atoms with Crippen molar-refractivity contribution < 1.29 is 4.74 Å². The number of nitrogens with zero attached hydrogens (tertiary/aromatic N) is 2. The number of nitrogens with one attached hydrogen (secondary N) is 1. The van der Waals surface area contributed by atoms with Crippen molar-refractivity contribution >= 4 is 0 Å². The van der Waals surface area contributed by atoms with Gasteiger partial charge in [0.2, 0.25) is 0 Å². The summed E-state index contributed by atoms with van der Waals surface area (Å²) in [5.41, 5.74) is 1.51. The predicted octanol–water partition coefficient (Wildman–Crippen LogP) is 2.94. The Labute approximate surface area is 142 Å². The van der Waals surface area contributed by atoms with E-state index in [9.17, 15) is 4.79 Å². The number of aromatic amines is 1. The summed E-state index contributed by atoms with van der Waals surface area (Å²) in [6.07, 6.45) is 2.63. The van der Waals surface area contributed by atoms with Gasteiger partial charge in [-0.15, -0.1) is 0 Å². The average molecular weight is 327 g/mol. The van der Waals surface area contributed by atoms with E-state index in [0.717, 1.165) is 30.2 Å². The number of H-pyrrole nitrogens is 1. The normalized spacial score (nSPS) is 19.3. The van der Waals surface area contributed by atoms with Crippen molar-refractivity contribution in [2.45, 2.75) is 32.7 Å². The van der Waals surface area contributed by atoms with Crippen LogP contribution < -0.4 is 10.3 Å². The summed E-state index contributed by atoms with van der Waals surface area (Å²) in [6, 6.07) is 11.7. The lowest BCUT2D eigenvalue weighted by atomic mass is 10.1. The molecule has 5 heteroatoms. The van der Waals surface area contributed by atoms with Gasteiger partial charge in [0.05, 0.1) is 12.3 Å². The van der Waals surface area contributed by atoms with Gasteiger partial charge >= 0.3 is 0 Å². The molecule has 24 heavy (non-hydrogen) atoms. The molecule has 3 rings (SSSR count). The van der Waals surface area contributed by atoms with Crippen molar-refractivity contribution in [1.82, 2.24) is 15.1 Å². The molecule has 1 aliphatic rings. The van der Waals surface area contributed by atoms with Gasteiger partial charge in [-0.05, 0) is 56.6 Å². The van der Waals surface area contributed by atoms with Crippen LogP contribution in [0.4, 0.5) is 0 Å². The Morgan fingerprint density at radius 3 is 2.71 bits per heavy atom. The zero-order chi connectivity index (χ0) is 16.9. The monoisotopic (exact) mass is 327 g/mol. The molecule has 1 N–H and O–H groups in total. The molecule has 0 bridgehead atoms. The minimum Gasteiger partial charge on any atom is -0.493 e. The van der Waals surface area contributed by atoms with Gasteiger partial charge in [0.1, 0.15) is 5.75 Å². The average Bonchev–Trinajstić information content (AvgIpc) is 2.99. The van der Waals surface area contributed by atoms with Gasteiger partial charge < -0.3 is 9.64 Å². The maximum atomic E-state index is 11.1. The number of hydrogen-bond donors (Lipinski definition) is 1. The number of hydrogen-bond acceptors (Lipinski definition) is 4. The van der Waals surface area contributed by atoms with Gasteiger partial charge in [0.15, 0.2) is 0 Å². The summed E-state index contributed by atoms with van der Waals surface area (Å²) in [4.78, 5) is 13.6. The van der Waals surface area contributed by atoms with E-state index < -0.39 is 0 Å². The second-order valence-electron chi connectivity index (χ2n) is 6.73. The molecule has 0 radical (unpaired) electrons. The molecule has 1 aromatic heterocycles. The van der Waals surface area contributed by atoms with Crippen molar-refractivity contribution in [3.63, 3.8) is 0 Å². The Morgan fingerprint density at radius 2 is 2.08 bits per heavy atom. The van der Waals surface area contributed by atoms with E-state index >= 15 is 0 Å². The summed E-state index contributed by atoms with van der Waals surface area (Å²) >= 11 is 0. The summed E-state index contributed by atoms with van der Waals surface area (Å²) in [6.45, 7) is 7.58. The van der Waals surface area contributed by atoms with Crippen LogP contribution in [0.15, 0.2) is 41.2 Å². The third-order valence-electron chi connectivity index (χ3n) is 4.60. The lowest BCUT2D eigenvalue weighted by Gasteiger charge is -2.24. The number of benzene rings is 1. The van der Waals surface area contributed by atoms with Gasteiger partial charge in [-0.3, -0.25) is 4.79 Å². The molecule has 1 aromatic carbocycles. The van der Waals surface area contributed by atoms with Crippen LogP contribution in [-0.2, 0) is 0 Å². The molecule has 2 heterocycles. The molecule has 128 valence electrons. The van der Waals surface area contributed by atoms with E-state index in [2.05, 4.69) is 28.9 Å². The zero-order valence-corrected chi connectivity index (χ0v) is 14.4. The molecule has 1 aliphatic heterocycles. The van der Waals surface area contributed by atoms with Crippen LogP contribution in [0.5, 0.6) is 5.75 Å². The first kappa shape index (κ1) is 16.7. The van der Waals surface area contributed by atoms with Gasteiger partial charge in [-0.1, -0.05) is 6.92 Å². The van der Waals surface area contributed by atoms with Crippen molar-refractivity contribution in [1.29, 1.82) is 0 Å². The summed E-state index contributed by atoms with van der Waals surface area (Å²) in [5.74, 6) is 1.37. The van der Waals surface area contributed by atoms with Crippen LogP contribution in [0.3, 0.4) is 0 Å². The molecule has 2 atom stereocenters. The largest absolute Gasteiger partial charge is 0.493 e. The first-order valence-electron chi connectivity index (χ1n) is 8.65. The van der Waals surface area contributed by atoms with Crippen molar-refractivity contribution in [3.05, 3.63) is 46.8 Å². The number of rotatable bonds is 6. The highest BCUT2D eigenvalue weighted by atomic mass is 16.5. The number of ether oxygens (including phenoxy) is 1. The summed E-state index contributed by atoms with van der Waals surface area (Å²) in [5, 5.41) is 6.48. The molecule has 1 fully saturated rings. The Morgan fingerprint density at radius 1 is 1.29 bits per heavy atom. The first-order valence-corrected chi connectivity index (χ1v) is 8.65. The predicted molar refractivity (Wildman–Crippen MR) is 95.2 cm³/mol. The minimum atomic E-state index is -0.194. The zero-order valence-electron chi connectivity index (χ0n) is 14.4. The fourth-order valence-electron chi connectivity index (χ4n) is 3.18. The molecule has 0 aliphatic carbocycles. The molecule has 0 spiro atoms. The quantitative estimate of drug-likeness (QED) is 0.886. The van der Waals surface area contributed by atoms with E-state index in [4.69, 9.17) is 4.74 Å². The minimum absolute atomic E-state index is 0.194. The van der Waals surface area contributed by atoms with E-state index in [1.54, 1.807) is 6.07 Å². The van der Waals surface area contributed by atoms with Crippen LogP contribution in [0, 0.1) is 5.92 Å². The molecule has 0 saturated carbocycles. The van der Waals surface area contributed by atoms with Crippen molar-refractivity contribution in [2.75, 3.05) is 19.7 Å². The Kier molecular flexibility index (Phi) is 5.30. The molecular formula is C19H25N3O2. The molecule has 2 aromatic rings. The molecular weight excluding hydrogens is 302 g/mol. The summed E-state index contributed by atoms with van der Waals surface area (Å²) in [7, 11) is 0. The van der Waals surface area contributed by atoms with Crippen LogP contribution in [0.2, 0.25) is 0 Å². The highest BCUT2D eigenvalue weighted by molar-refractivity contribution is 5.59. The molecule has 0 amide bonds. The van der Waals surface area contributed by atoms with Crippen LogP contribution in [0.1, 0.15) is 26.7 Å². The van der Waals surface area contributed by atoms with Gasteiger partial charge in [0.25, 0.3) is 5.56 Å². The lowest BCUT2D eigenvalue weighted by Crippen LogP contribution is -2.33. The number of likely N-dealkylation sites (tertiary alicyclic amines) is 1. The van der Waals surface area contributed by atoms with Crippen molar-refractivity contribution in [3.8, 4) is 17.0 Å². The first-order chi connectivity index (χ1) is 11.6. The fraction of sp³-hybridized carbons (Fsp3) is 0.474. The maximum absolute atomic E-state index is 11.1. The van der Waals surface area contributed by atoms with Crippen LogP contribution >= 0.6 is 0 Å². The topological polar surface area (TPSA) is 58.2 Å². The lowest BCUT2D eigenvalue weighted by molar-refractivity contribution is 0.181. The second-order valence-corrected chi connectivity index (χ2v) is 6.73. The number of aromatic nitrogens is 2. The summed E-state index contributed by atoms with van der Waals surface area (Å²) < 4.78 is 5.92. The second kappa shape index (κ2) is 7.62. The Balaban J connectivity index is 1.52. The molecule has 1 saturated heterocycles. The van der Waals surface area contributed by atoms with Gasteiger partial charge in [0, 0.05) is 30.1 Å². The maximum Gasteiger partial charge on any atom is 0.264 e. The van der Waals surface area contributed by atoms with Gasteiger partial charge in [-0.2, -0.15) is 5.10 Å². The van der Waals surface area contributed by atoms with E-state index in [-0.39, 0.29) is 5.56 Å².